The summed E-state index contributed by atoms with van der Waals surface area (Å²) in [5.41, 5.74) is 3.45. The largest absolute Gasteiger partial charge is 0.504 e. The molecule has 28 heavy (non-hydrogen) atoms. The Bertz CT molecular complexity index is 1400. The van der Waals surface area contributed by atoms with Gasteiger partial charge in [0.25, 0.3) is 0 Å². The summed E-state index contributed by atoms with van der Waals surface area (Å²) >= 11 is 0. The second kappa shape index (κ2) is 5.98. The Hall–Kier alpha value is -4.07. The average molecular weight is 373 g/mol. The van der Waals surface area contributed by atoms with Gasteiger partial charge in [0.05, 0.1) is 24.7 Å². The lowest BCUT2D eigenvalue weighted by atomic mass is 10.1. The number of H-pyrrole nitrogens is 2. The lowest BCUT2D eigenvalue weighted by Gasteiger charge is -2.07. The van der Waals surface area contributed by atoms with Crippen LogP contribution >= 0.6 is 0 Å². The van der Waals surface area contributed by atoms with E-state index in [1.165, 1.54) is 17.7 Å². The van der Waals surface area contributed by atoms with Gasteiger partial charge in [-0.3, -0.25) is 4.98 Å². The van der Waals surface area contributed by atoms with Crippen molar-refractivity contribution in [2.45, 2.75) is 0 Å². The molecule has 0 unspecified atom stereocenters. The number of imidazole rings is 1. The number of methoxy groups -OCH3 is 1. The van der Waals surface area contributed by atoms with Crippen LogP contribution in [0, 0.1) is 0 Å². The maximum Gasteiger partial charge on any atom is 0.333 e. The fourth-order valence-corrected chi connectivity index (χ4v) is 3.27. The first kappa shape index (κ1) is 16.1. The topological polar surface area (TPSA) is 109 Å². The number of nitrogens with zero attached hydrogens (tertiary/aromatic N) is 3. The van der Waals surface area contributed by atoms with Crippen molar-refractivity contribution in [3.8, 4) is 28.4 Å². The highest BCUT2D eigenvalue weighted by molar-refractivity contribution is 5.82. The Morgan fingerprint density at radius 2 is 2.04 bits per heavy atom. The van der Waals surface area contributed by atoms with Gasteiger partial charge in [-0.25, -0.2) is 19.3 Å². The summed E-state index contributed by atoms with van der Waals surface area (Å²) in [5, 5.41) is 10.8. The molecule has 0 aliphatic carbocycles. The van der Waals surface area contributed by atoms with E-state index in [0.29, 0.717) is 34.0 Å². The number of aromatic hydroxyl groups is 1. The van der Waals surface area contributed by atoms with Gasteiger partial charge in [-0.1, -0.05) is 0 Å². The number of fused-ring (bicyclic) bond motifs is 2. The zero-order valence-corrected chi connectivity index (χ0v) is 14.8. The van der Waals surface area contributed by atoms with Crippen molar-refractivity contribution in [2.75, 3.05) is 7.11 Å². The highest BCUT2D eigenvalue weighted by Gasteiger charge is 2.14. The fourth-order valence-electron chi connectivity index (χ4n) is 3.27. The summed E-state index contributed by atoms with van der Waals surface area (Å²) in [6.45, 7) is 0. The second-order valence-electron chi connectivity index (χ2n) is 6.33. The number of aromatic amines is 2. The molecule has 0 aliphatic heterocycles. The number of phenolic OH excluding ortho intramolecular Hbond substituents is 1. The van der Waals surface area contributed by atoms with Gasteiger partial charge in [-0.2, -0.15) is 0 Å². The van der Waals surface area contributed by atoms with Gasteiger partial charge in [0.2, 0.25) is 0 Å². The molecule has 0 bridgehead atoms. The molecule has 138 valence electrons. The zero-order chi connectivity index (χ0) is 19.3. The summed E-state index contributed by atoms with van der Waals surface area (Å²) in [6.07, 6.45) is 3.42. The van der Waals surface area contributed by atoms with Crippen LogP contribution in [0.5, 0.6) is 11.5 Å². The van der Waals surface area contributed by atoms with Crippen LogP contribution in [0.1, 0.15) is 0 Å². The van der Waals surface area contributed by atoms with Crippen LogP contribution in [0.3, 0.4) is 0 Å². The normalized spacial score (nSPS) is 11.3. The van der Waals surface area contributed by atoms with E-state index < -0.39 is 0 Å². The standard InChI is InChI=1S/C20H15N5O3/c1-28-17-9-11(2-5-16(17)26)15-10-22-18-19(23-15)25(20(27)24-18)13-3-4-14-12(8-13)6-7-21-14/h2-10,21,26H,1H3,(H,22,24,27). The first-order chi connectivity index (χ1) is 13.6. The maximum absolute atomic E-state index is 12.6. The number of hydrogen-bond acceptors (Lipinski definition) is 5. The Labute approximate surface area is 158 Å². The lowest BCUT2D eigenvalue weighted by molar-refractivity contribution is 0.373. The van der Waals surface area contributed by atoms with Gasteiger partial charge in [0.1, 0.15) is 0 Å². The summed E-state index contributed by atoms with van der Waals surface area (Å²) in [6, 6.07) is 12.5. The summed E-state index contributed by atoms with van der Waals surface area (Å²) in [5.74, 6) is 0.377. The van der Waals surface area contributed by atoms with Crippen molar-refractivity contribution in [2.24, 2.45) is 0 Å². The van der Waals surface area contributed by atoms with Gasteiger partial charge in [0.15, 0.2) is 22.8 Å². The molecule has 8 nitrogen and oxygen atoms in total. The molecule has 0 aliphatic rings. The van der Waals surface area contributed by atoms with Crippen LogP contribution in [0.2, 0.25) is 0 Å². The first-order valence-corrected chi connectivity index (χ1v) is 8.57. The Morgan fingerprint density at radius 3 is 2.89 bits per heavy atom. The molecule has 0 fully saturated rings. The van der Waals surface area contributed by atoms with E-state index in [0.717, 1.165) is 10.9 Å². The molecule has 3 N–H and O–H groups in total. The maximum atomic E-state index is 12.6. The van der Waals surface area contributed by atoms with Crippen LogP contribution in [0.25, 0.3) is 39.1 Å². The quantitative estimate of drug-likeness (QED) is 0.450. The average Bonchev–Trinajstić information content (AvgIpc) is 3.30. The van der Waals surface area contributed by atoms with Crippen LogP contribution in [-0.2, 0) is 0 Å². The number of ether oxygens (including phenoxy) is 1. The second-order valence-corrected chi connectivity index (χ2v) is 6.33. The van der Waals surface area contributed by atoms with Crippen LogP contribution < -0.4 is 10.4 Å². The molecule has 2 aromatic carbocycles. The van der Waals surface area contributed by atoms with Gasteiger partial charge in [-0.05, 0) is 42.5 Å². The highest BCUT2D eigenvalue weighted by Crippen LogP contribution is 2.31. The van der Waals surface area contributed by atoms with E-state index in [2.05, 4.69) is 19.9 Å². The molecular weight excluding hydrogens is 358 g/mol. The van der Waals surface area contributed by atoms with E-state index in [-0.39, 0.29) is 11.4 Å². The molecule has 3 aromatic heterocycles. The molecule has 5 rings (SSSR count). The van der Waals surface area contributed by atoms with Gasteiger partial charge < -0.3 is 14.8 Å². The third-order valence-corrected chi connectivity index (χ3v) is 4.66. The minimum atomic E-state index is -0.315. The van der Waals surface area contributed by atoms with Crippen molar-refractivity contribution < 1.29 is 9.84 Å². The van der Waals surface area contributed by atoms with Gasteiger partial charge in [0, 0.05) is 22.7 Å². The van der Waals surface area contributed by atoms with E-state index >= 15 is 0 Å². The van der Waals surface area contributed by atoms with E-state index in [9.17, 15) is 9.90 Å². The van der Waals surface area contributed by atoms with Crippen LogP contribution in [0.4, 0.5) is 0 Å². The number of rotatable bonds is 3. The van der Waals surface area contributed by atoms with Crippen molar-refractivity contribution in [1.29, 1.82) is 0 Å². The molecule has 0 atom stereocenters. The molecule has 0 saturated carbocycles. The van der Waals surface area contributed by atoms with E-state index in [4.69, 9.17) is 4.74 Å². The number of benzene rings is 2. The fraction of sp³-hybridized carbons (Fsp3) is 0.0500. The molecule has 0 saturated heterocycles. The summed E-state index contributed by atoms with van der Waals surface area (Å²) in [4.78, 5) is 27.4. The number of aromatic nitrogens is 5. The predicted octanol–water partition coefficient (Wildman–Crippen LogP) is 2.97. The number of hydrogen-bond donors (Lipinski definition) is 3. The SMILES string of the molecule is COc1cc(-c2cnc3[nH]c(=O)n(-c4ccc5[nH]ccc5c4)c3n2)ccc1O. The van der Waals surface area contributed by atoms with Gasteiger partial charge in [-0.15, -0.1) is 0 Å². The molecule has 0 amide bonds. The third-order valence-electron chi connectivity index (χ3n) is 4.66. The molecule has 8 heteroatoms. The van der Waals surface area contributed by atoms with E-state index in [1.54, 1.807) is 18.3 Å². The Morgan fingerprint density at radius 1 is 1.14 bits per heavy atom. The van der Waals surface area contributed by atoms with E-state index in [1.807, 2.05) is 30.5 Å². The number of nitrogens with one attached hydrogen (secondary N) is 2. The zero-order valence-electron chi connectivity index (χ0n) is 14.8. The minimum Gasteiger partial charge on any atom is -0.504 e. The molecule has 5 aromatic rings. The Kier molecular flexibility index (Phi) is 3.45. The molecular formula is C20H15N5O3. The van der Waals surface area contributed by atoms with Crippen LogP contribution in [-0.4, -0.2) is 36.7 Å². The highest BCUT2D eigenvalue weighted by atomic mass is 16.5. The predicted molar refractivity (Wildman–Crippen MR) is 105 cm³/mol. The van der Waals surface area contributed by atoms with Crippen molar-refractivity contribution in [1.82, 2.24) is 24.5 Å². The monoisotopic (exact) mass is 373 g/mol. The minimum absolute atomic E-state index is 0.0404. The summed E-state index contributed by atoms with van der Waals surface area (Å²) < 4.78 is 6.66. The van der Waals surface area contributed by atoms with Crippen molar-refractivity contribution in [3.63, 3.8) is 0 Å². The Balaban J connectivity index is 1.71. The van der Waals surface area contributed by atoms with Crippen molar-refractivity contribution >= 4 is 22.2 Å². The first-order valence-electron chi connectivity index (χ1n) is 8.57. The third kappa shape index (κ3) is 2.43. The van der Waals surface area contributed by atoms with Gasteiger partial charge >= 0.3 is 5.69 Å². The lowest BCUT2D eigenvalue weighted by Crippen LogP contribution is -2.14. The van der Waals surface area contributed by atoms with Crippen molar-refractivity contribution in [3.05, 3.63) is 65.3 Å². The molecule has 0 radical (unpaired) electrons. The smallest absolute Gasteiger partial charge is 0.333 e. The molecule has 0 spiro atoms. The molecule has 3 heterocycles. The summed E-state index contributed by atoms with van der Waals surface area (Å²) in [7, 11) is 1.48. The number of phenols is 1. The van der Waals surface area contributed by atoms with Crippen LogP contribution in [0.15, 0.2) is 59.7 Å².